The zero-order chi connectivity index (χ0) is 47.6. The first kappa shape index (κ1) is 49.2. The third-order valence-corrected chi connectivity index (χ3v) is 13.5. The van der Waals surface area contributed by atoms with Crippen molar-refractivity contribution >= 4 is 17.7 Å². The second-order valence-electron chi connectivity index (χ2n) is 17.3. The molecule has 0 aromatic heterocycles. The Kier molecular flexibility index (Phi) is 16.3. The highest BCUT2D eigenvalue weighted by molar-refractivity contribution is 5.85. The Hall–Kier alpha value is -6.19. The number of benzene rings is 4. The van der Waals surface area contributed by atoms with Crippen LogP contribution in [0, 0.1) is 0 Å². The predicted molar refractivity (Wildman–Crippen MR) is 246 cm³/mol. The SMILES string of the molecule is COc1ccc(CC2c3cc(OC)c(OC)cc3CC[N+]2(C)CCC(=O)OCC(=O)COC(=O)CC[N+]2(C)CCc3cc(OC)c(OC)cc3C2Cc2ccc(OC)c(OC)c2)cc1OC. The monoisotopic (exact) mass is 914 g/mol. The number of fused-ring (bicyclic) bond motifs is 2. The summed E-state index contributed by atoms with van der Waals surface area (Å²) in [6, 6.07) is 19.8. The van der Waals surface area contributed by atoms with Crippen LogP contribution in [0.5, 0.6) is 46.0 Å². The number of hydrogen-bond donors (Lipinski definition) is 0. The third kappa shape index (κ3) is 11.1. The van der Waals surface area contributed by atoms with E-state index >= 15 is 0 Å². The number of carbonyl (C=O) groups excluding carboxylic acids is 3. The Morgan fingerprint density at radius 2 is 0.803 bits per heavy atom. The molecule has 0 fully saturated rings. The highest BCUT2D eigenvalue weighted by Crippen LogP contribution is 2.45. The van der Waals surface area contributed by atoms with Crippen LogP contribution < -0.4 is 37.9 Å². The number of hydrogen-bond acceptors (Lipinski definition) is 13. The van der Waals surface area contributed by atoms with E-state index in [-0.39, 0.29) is 24.9 Å². The lowest BCUT2D eigenvalue weighted by molar-refractivity contribution is -0.940. The molecular formula is C51H66N2O13+2. The Labute approximate surface area is 388 Å². The van der Waals surface area contributed by atoms with Crippen LogP contribution in [0.3, 0.4) is 0 Å². The van der Waals surface area contributed by atoms with Crippen molar-refractivity contribution in [2.45, 2.75) is 50.6 Å². The van der Waals surface area contributed by atoms with E-state index in [4.69, 9.17) is 47.4 Å². The van der Waals surface area contributed by atoms with Crippen LogP contribution in [-0.4, -0.2) is 137 Å². The van der Waals surface area contributed by atoms with Gasteiger partial charge in [-0.2, -0.15) is 0 Å². The molecule has 0 saturated carbocycles. The van der Waals surface area contributed by atoms with Crippen LogP contribution in [0.2, 0.25) is 0 Å². The van der Waals surface area contributed by atoms with Crippen molar-refractivity contribution in [3.8, 4) is 46.0 Å². The van der Waals surface area contributed by atoms with E-state index in [0.29, 0.717) is 80.9 Å². The maximum Gasteiger partial charge on any atom is 0.311 e. The second kappa shape index (κ2) is 21.9. The highest BCUT2D eigenvalue weighted by Gasteiger charge is 2.42. The fraction of sp³-hybridized carbons (Fsp3) is 0.471. The Morgan fingerprint density at radius 1 is 0.470 bits per heavy atom. The van der Waals surface area contributed by atoms with Crippen LogP contribution in [0.25, 0.3) is 0 Å². The van der Waals surface area contributed by atoms with E-state index < -0.39 is 30.9 Å². The van der Waals surface area contributed by atoms with Gasteiger partial charge >= 0.3 is 11.9 Å². The molecule has 4 atom stereocenters. The first-order valence-corrected chi connectivity index (χ1v) is 22.2. The summed E-state index contributed by atoms with van der Waals surface area (Å²) in [6.07, 6.45) is 2.98. The standard InChI is InChI=1S/C51H66N2O13/c1-52(19-15-35-27-46(61-7)48(63-9)29-38(35)40(52)23-33-11-13-42(57-3)44(25-33)59-5)21-17-50(55)65-31-37(54)32-66-51(56)18-22-53(2)20-16-36-28-47(62-8)49(64-10)30-39(36)41(53)24-34-12-14-43(58-4)45(26-34)60-6/h11-14,25-30,40-41H,15-24,31-32H2,1-10H3/q+2. The molecule has 0 spiro atoms. The Balaban J connectivity index is 1.06. The quantitative estimate of drug-likeness (QED) is 0.0629. The molecule has 0 saturated heterocycles. The average Bonchev–Trinajstić information content (AvgIpc) is 3.34. The number of nitrogens with zero attached hydrogens (tertiary/aromatic N) is 2. The summed E-state index contributed by atoms with van der Waals surface area (Å²) in [7, 11) is 17.2. The summed E-state index contributed by atoms with van der Waals surface area (Å²) >= 11 is 0. The molecule has 15 heteroatoms. The molecule has 0 amide bonds. The summed E-state index contributed by atoms with van der Waals surface area (Å²) < 4.78 is 56.9. The molecule has 0 radical (unpaired) electrons. The van der Waals surface area contributed by atoms with E-state index in [1.807, 2.05) is 60.7 Å². The lowest BCUT2D eigenvalue weighted by atomic mass is 9.86. The molecule has 2 aliphatic heterocycles. The Morgan fingerprint density at radius 3 is 1.15 bits per heavy atom. The van der Waals surface area contributed by atoms with Crippen molar-refractivity contribution in [1.29, 1.82) is 0 Å². The van der Waals surface area contributed by atoms with Crippen LogP contribution in [0.15, 0.2) is 60.7 Å². The number of carbonyl (C=O) groups is 3. The zero-order valence-electron chi connectivity index (χ0n) is 40.1. The van der Waals surface area contributed by atoms with E-state index in [1.54, 1.807) is 56.9 Å². The topological polar surface area (TPSA) is 144 Å². The van der Waals surface area contributed by atoms with Crippen LogP contribution in [0.1, 0.15) is 58.3 Å². The van der Waals surface area contributed by atoms with Crippen molar-refractivity contribution in [2.75, 3.05) is 110 Å². The largest absolute Gasteiger partial charge is 0.493 e. The van der Waals surface area contributed by atoms with Crippen LogP contribution in [-0.2, 0) is 49.5 Å². The minimum Gasteiger partial charge on any atom is -0.493 e. The molecular weight excluding hydrogens is 849 g/mol. The van der Waals surface area contributed by atoms with Gasteiger partial charge in [-0.1, -0.05) is 12.1 Å². The number of ether oxygens (including phenoxy) is 10. The van der Waals surface area contributed by atoms with Gasteiger partial charge in [-0.15, -0.1) is 0 Å². The van der Waals surface area contributed by atoms with Gasteiger partial charge < -0.3 is 56.3 Å². The molecule has 0 aliphatic carbocycles. The van der Waals surface area contributed by atoms with Gasteiger partial charge in [-0.25, -0.2) is 0 Å². The second-order valence-corrected chi connectivity index (χ2v) is 17.3. The Bertz CT molecular complexity index is 2210. The maximum absolute atomic E-state index is 13.2. The van der Waals surface area contributed by atoms with Crippen molar-refractivity contribution < 1.29 is 70.7 Å². The fourth-order valence-corrected chi connectivity index (χ4v) is 9.52. The third-order valence-electron chi connectivity index (χ3n) is 13.5. The number of Topliss-reactive ketones (excluding diaryl/α,β-unsaturated/α-hetero) is 1. The summed E-state index contributed by atoms with van der Waals surface area (Å²) in [6.45, 7) is 1.45. The van der Waals surface area contributed by atoms with Crippen LogP contribution in [0.4, 0.5) is 0 Å². The summed E-state index contributed by atoms with van der Waals surface area (Å²) in [5.41, 5.74) is 6.62. The van der Waals surface area contributed by atoms with Gasteiger partial charge in [0.15, 0.2) is 59.2 Å². The van der Waals surface area contributed by atoms with Crippen molar-refractivity contribution in [3.05, 3.63) is 94.0 Å². The van der Waals surface area contributed by atoms with Gasteiger partial charge in [-0.3, -0.25) is 14.4 Å². The average molecular weight is 915 g/mol. The summed E-state index contributed by atoms with van der Waals surface area (Å²) in [5.74, 6) is 3.63. The van der Waals surface area contributed by atoms with Crippen molar-refractivity contribution in [2.24, 2.45) is 0 Å². The molecule has 4 aromatic carbocycles. The molecule has 6 rings (SSSR count). The molecule has 2 aliphatic rings. The van der Waals surface area contributed by atoms with Crippen molar-refractivity contribution in [1.82, 2.24) is 0 Å². The summed E-state index contributed by atoms with van der Waals surface area (Å²) in [4.78, 5) is 39.4. The van der Waals surface area contributed by atoms with E-state index in [0.717, 1.165) is 59.3 Å². The van der Waals surface area contributed by atoms with Crippen molar-refractivity contribution in [3.63, 3.8) is 0 Å². The first-order valence-electron chi connectivity index (χ1n) is 22.2. The zero-order valence-corrected chi connectivity index (χ0v) is 40.1. The van der Waals surface area contributed by atoms with E-state index in [1.165, 1.54) is 0 Å². The molecule has 15 nitrogen and oxygen atoms in total. The number of rotatable bonds is 22. The predicted octanol–water partition coefficient (Wildman–Crippen LogP) is 6.46. The van der Waals surface area contributed by atoms with Gasteiger partial charge in [-0.05, 0) is 70.8 Å². The molecule has 2 heterocycles. The van der Waals surface area contributed by atoms with Gasteiger partial charge in [0, 0.05) is 36.8 Å². The minimum atomic E-state index is -0.505. The number of likely N-dealkylation sites (N-methyl/N-ethyl adjacent to an activating group) is 2. The normalized spacial score (nSPS) is 19.6. The van der Waals surface area contributed by atoms with E-state index in [2.05, 4.69) is 14.1 Å². The van der Waals surface area contributed by atoms with E-state index in [9.17, 15) is 14.4 Å². The molecule has 4 aromatic rings. The molecule has 356 valence electrons. The number of ketones is 1. The first-order chi connectivity index (χ1) is 31.7. The highest BCUT2D eigenvalue weighted by atomic mass is 16.6. The lowest BCUT2D eigenvalue weighted by Gasteiger charge is -2.46. The molecule has 4 unspecified atom stereocenters. The van der Waals surface area contributed by atoms with Crippen LogP contribution >= 0.6 is 0 Å². The smallest absolute Gasteiger partial charge is 0.311 e. The number of esters is 2. The molecule has 66 heavy (non-hydrogen) atoms. The number of methoxy groups -OCH3 is 8. The van der Waals surface area contributed by atoms with Gasteiger partial charge in [0.25, 0.3) is 0 Å². The molecule has 0 bridgehead atoms. The minimum absolute atomic E-state index is 0.0580. The van der Waals surface area contributed by atoms with Gasteiger partial charge in [0.05, 0.1) is 110 Å². The van der Waals surface area contributed by atoms with Gasteiger partial charge in [0.1, 0.15) is 12.1 Å². The number of quaternary nitrogens is 2. The lowest BCUT2D eigenvalue weighted by Crippen LogP contribution is -2.53. The fourth-order valence-electron chi connectivity index (χ4n) is 9.52. The maximum atomic E-state index is 13.2. The van der Waals surface area contributed by atoms with Gasteiger partial charge in [0.2, 0.25) is 5.78 Å². The summed E-state index contributed by atoms with van der Waals surface area (Å²) in [5, 5.41) is 0. The molecule has 0 N–H and O–H groups in total.